The fourth-order valence-corrected chi connectivity index (χ4v) is 3.61. The van der Waals surface area contributed by atoms with E-state index in [2.05, 4.69) is 32.6 Å². The van der Waals surface area contributed by atoms with E-state index in [9.17, 15) is 4.79 Å². The van der Waals surface area contributed by atoms with Gasteiger partial charge >= 0.3 is 0 Å². The lowest BCUT2D eigenvalue weighted by molar-refractivity contribution is 0.101. The summed E-state index contributed by atoms with van der Waals surface area (Å²) in [6.07, 6.45) is 0. The Kier molecular flexibility index (Phi) is 4.37. The average Bonchev–Trinajstić information content (AvgIpc) is 2.81. The van der Waals surface area contributed by atoms with Gasteiger partial charge in [0.05, 0.1) is 0 Å². The van der Waals surface area contributed by atoms with Crippen LogP contribution in [0.4, 0.5) is 0 Å². The summed E-state index contributed by atoms with van der Waals surface area (Å²) < 4.78 is 2.19. The quantitative estimate of drug-likeness (QED) is 0.439. The lowest BCUT2D eigenvalue weighted by atomic mass is 10.1. The first-order chi connectivity index (χ1) is 10.6. The molecule has 0 unspecified atom stereocenters. The van der Waals surface area contributed by atoms with Gasteiger partial charge in [0.15, 0.2) is 5.78 Å². The molecule has 0 N–H and O–H groups in total. The number of hydrogen-bond acceptors (Lipinski definition) is 1. The van der Waals surface area contributed by atoms with Crippen LogP contribution in [-0.4, -0.2) is 10.4 Å². The van der Waals surface area contributed by atoms with Crippen LogP contribution in [0.15, 0.2) is 48.5 Å². The van der Waals surface area contributed by atoms with E-state index in [1.54, 1.807) is 6.92 Å². The Labute approximate surface area is 142 Å². The molecule has 4 heteroatoms. The van der Waals surface area contributed by atoms with E-state index in [0.717, 1.165) is 28.7 Å². The van der Waals surface area contributed by atoms with Crippen LogP contribution in [0.25, 0.3) is 10.9 Å². The van der Waals surface area contributed by atoms with Gasteiger partial charge in [-0.25, -0.2) is 0 Å². The van der Waals surface area contributed by atoms with E-state index >= 15 is 0 Å². The van der Waals surface area contributed by atoms with Crippen LogP contribution in [0.5, 0.6) is 0 Å². The Bertz CT molecular complexity index is 839. The summed E-state index contributed by atoms with van der Waals surface area (Å²) in [7, 11) is 0. The molecular formula is C18H15BrClNO. The monoisotopic (exact) mass is 375 g/mol. The summed E-state index contributed by atoms with van der Waals surface area (Å²) >= 11 is 9.66. The number of hydrogen-bond donors (Lipinski definition) is 0. The minimum absolute atomic E-state index is 0.0635. The fourth-order valence-electron chi connectivity index (χ4n) is 2.86. The normalized spacial score (nSPS) is 11.0. The number of aromatic nitrogens is 1. The van der Waals surface area contributed by atoms with Crippen LogP contribution in [0.1, 0.15) is 28.5 Å². The molecule has 0 aliphatic rings. The van der Waals surface area contributed by atoms with Crippen LogP contribution in [0.3, 0.4) is 0 Å². The molecule has 1 aromatic heterocycles. The van der Waals surface area contributed by atoms with Gasteiger partial charge in [-0.05, 0) is 30.7 Å². The third kappa shape index (κ3) is 2.71. The van der Waals surface area contributed by atoms with Gasteiger partial charge < -0.3 is 4.57 Å². The molecule has 0 atom stereocenters. The van der Waals surface area contributed by atoms with Gasteiger partial charge in [-0.2, -0.15) is 0 Å². The second-order valence-electron chi connectivity index (χ2n) is 5.24. The highest BCUT2D eigenvalue weighted by atomic mass is 79.9. The van der Waals surface area contributed by atoms with E-state index in [1.165, 1.54) is 5.56 Å². The van der Waals surface area contributed by atoms with E-state index in [1.807, 2.05) is 36.4 Å². The molecule has 0 saturated heterocycles. The smallest absolute Gasteiger partial charge is 0.162 e. The number of rotatable bonds is 4. The number of fused-ring (bicyclic) bond motifs is 1. The van der Waals surface area contributed by atoms with Crippen LogP contribution < -0.4 is 0 Å². The number of alkyl halides is 1. The first-order valence-electron chi connectivity index (χ1n) is 7.03. The maximum absolute atomic E-state index is 12.1. The van der Waals surface area contributed by atoms with Crippen molar-refractivity contribution in [3.8, 4) is 0 Å². The van der Waals surface area contributed by atoms with Crippen LogP contribution in [0.2, 0.25) is 5.02 Å². The summed E-state index contributed by atoms with van der Waals surface area (Å²) in [5, 5.41) is 2.19. The van der Waals surface area contributed by atoms with Crippen LogP contribution >= 0.6 is 27.5 Å². The highest BCUT2D eigenvalue weighted by Gasteiger charge is 2.19. The molecule has 0 fully saturated rings. The molecule has 3 aromatic rings. The number of carbonyl (C=O) groups is 1. The number of nitrogens with zero attached hydrogens (tertiary/aromatic N) is 1. The van der Waals surface area contributed by atoms with E-state index in [4.69, 9.17) is 11.6 Å². The van der Waals surface area contributed by atoms with Crippen molar-refractivity contribution in [3.63, 3.8) is 0 Å². The Balaban J connectivity index is 2.26. The second kappa shape index (κ2) is 6.27. The molecule has 3 rings (SSSR count). The predicted molar refractivity (Wildman–Crippen MR) is 95.1 cm³/mol. The summed E-state index contributed by atoms with van der Waals surface area (Å²) in [4.78, 5) is 12.1. The van der Waals surface area contributed by atoms with Crippen molar-refractivity contribution in [2.45, 2.75) is 18.8 Å². The van der Waals surface area contributed by atoms with Gasteiger partial charge in [0.2, 0.25) is 0 Å². The minimum atomic E-state index is 0.0635. The molecule has 112 valence electrons. The van der Waals surface area contributed by atoms with Gasteiger partial charge in [-0.1, -0.05) is 57.9 Å². The van der Waals surface area contributed by atoms with E-state index in [-0.39, 0.29) is 5.78 Å². The highest BCUT2D eigenvalue weighted by Crippen LogP contribution is 2.31. The molecule has 0 radical (unpaired) electrons. The highest BCUT2D eigenvalue weighted by molar-refractivity contribution is 9.08. The van der Waals surface area contributed by atoms with Gasteiger partial charge in [0.1, 0.15) is 0 Å². The molecule has 0 spiro atoms. The topological polar surface area (TPSA) is 22.0 Å². The maximum Gasteiger partial charge on any atom is 0.162 e. The number of carbonyl (C=O) groups excluding carboxylic acids is 1. The Morgan fingerprint density at radius 1 is 1.18 bits per heavy atom. The molecule has 0 bridgehead atoms. The number of benzene rings is 2. The van der Waals surface area contributed by atoms with E-state index in [0.29, 0.717) is 10.4 Å². The van der Waals surface area contributed by atoms with Crippen molar-refractivity contribution in [2.75, 3.05) is 0 Å². The summed E-state index contributed by atoms with van der Waals surface area (Å²) in [6, 6.07) is 16.0. The standard InChI is InChI=1S/C18H15BrClNO/c1-12(22)18-15-9-14(20)7-8-16(15)21(17(18)10-19)11-13-5-3-2-4-6-13/h2-9H,10-11H2,1H3. The molecule has 2 nitrogen and oxygen atoms in total. The van der Waals surface area contributed by atoms with E-state index < -0.39 is 0 Å². The summed E-state index contributed by atoms with van der Waals surface area (Å²) in [6.45, 7) is 2.34. The van der Waals surface area contributed by atoms with Crippen LogP contribution in [-0.2, 0) is 11.9 Å². The predicted octanol–water partition coefficient (Wildman–Crippen LogP) is 5.44. The largest absolute Gasteiger partial charge is 0.339 e. The van der Waals surface area contributed by atoms with Crippen molar-refractivity contribution in [3.05, 3.63) is 70.4 Å². The lowest BCUT2D eigenvalue weighted by Crippen LogP contribution is -2.05. The van der Waals surface area contributed by atoms with Crippen molar-refractivity contribution in [1.29, 1.82) is 0 Å². The zero-order valence-corrected chi connectivity index (χ0v) is 14.5. The minimum Gasteiger partial charge on any atom is -0.339 e. The Morgan fingerprint density at radius 3 is 2.55 bits per heavy atom. The SMILES string of the molecule is CC(=O)c1c(CBr)n(Cc2ccccc2)c2ccc(Cl)cc12. The van der Waals surface area contributed by atoms with Crippen LogP contribution in [0, 0.1) is 0 Å². The molecule has 0 aliphatic heterocycles. The molecule has 0 aliphatic carbocycles. The molecule has 0 amide bonds. The van der Waals surface area contributed by atoms with Crippen molar-refractivity contribution >= 4 is 44.2 Å². The Hall–Kier alpha value is -1.58. The first-order valence-corrected chi connectivity index (χ1v) is 8.53. The van der Waals surface area contributed by atoms with Crippen molar-refractivity contribution < 1.29 is 4.79 Å². The van der Waals surface area contributed by atoms with Gasteiger partial charge in [-0.15, -0.1) is 0 Å². The summed E-state index contributed by atoms with van der Waals surface area (Å²) in [5.41, 5.74) is 3.98. The second-order valence-corrected chi connectivity index (χ2v) is 6.24. The van der Waals surface area contributed by atoms with Gasteiger partial charge in [0.25, 0.3) is 0 Å². The fraction of sp³-hybridized carbons (Fsp3) is 0.167. The number of ketones is 1. The molecule has 1 heterocycles. The average molecular weight is 377 g/mol. The zero-order valence-electron chi connectivity index (χ0n) is 12.1. The Morgan fingerprint density at radius 2 is 1.91 bits per heavy atom. The molecular weight excluding hydrogens is 362 g/mol. The first kappa shape index (κ1) is 15.3. The molecule has 22 heavy (non-hydrogen) atoms. The van der Waals surface area contributed by atoms with Crippen molar-refractivity contribution in [2.24, 2.45) is 0 Å². The number of halogens is 2. The number of Topliss-reactive ketones (excluding diaryl/α,β-unsaturated/α-hetero) is 1. The summed E-state index contributed by atoms with van der Waals surface area (Å²) in [5.74, 6) is 0.0635. The zero-order chi connectivity index (χ0) is 15.7. The third-order valence-corrected chi connectivity index (χ3v) is 4.56. The van der Waals surface area contributed by atoms with Gasteiger partial charge in [0, 0.05) is 39.1 Å². The maximum atomic E-state index is 12.1. The third-order valence-electron chi connectivity index (χ3n) is 3.80. The van der Waals surface area contributed by atoms with Crippen molar-refractivity contribution in [1.82, 2.24) is 4.57 Å². The molecule has 0 saturated carbocycles. The van der Waals surface area contributed by atoms with Gasteiger partial charge in [-0.3, -0.25) is 4.79 Å². The molecule has 2 aromatic carbocycles. The lowest BCUT2D eigenvalue weighted by Gasteiger charge is -2.10.